The highest BCUT2D eigenvalue weighted by molar-refractivity contribution is 5.61. The summed E-state index contributed by atoms with van der Waals surface area (Å²) in [6, 6.07) is 2.76. The minimum Gasteiger partial charge on any atom is -0.494 e. The highest BCUT2D eigenvalue weighted by atomic mass is 19.1. The first kappa shape index (κ1) is 9.51. The molecule has 0 amide bonds. The zero-order valence-corrected chi connectivity index (χ0v) is 8.14. The van der Waals surface area contributed by atoms with E-state index < -0.39 is 5.82 Å². The molecule has 4 nitrogen and oxygen atoms in total. The number of imidazole rings is 1. The number of ether oxygens (including phenoxy) is 1. The summed E-state index contributed by atoms with van der Waals surface area (Å²) in [7, 11) is 1.41. The molecule has 5 heteroatoms. The van der Waals surface area contributed by atoms with Gasteiger partial charge in [-0.1, -0.05) is 0 Å². The van der Waals surface area contributed by atoms with Crippen LogP contribution in [0, 0.1) is 5.82 Å². The summed E-state index contributed by atoms with van der Waals surface area (Å²) in [4.78, 5) is 3.89. The maximum Gasteiger partial charge on any atom is 0.167 e. The van der Waals surface area contributed by atoms with Crippen molar-refractivity contribution in [1.29, 1.82) is 0 Å². The molecule has 0 saturated heterocycles. The lowest BCUT2D eigenvalue weighted by atomic mass is 10.2. The van der Waals surface area contributed by atoms with Crippen molar-refractivity contribution >= 4 is 5.69 Å². The van der Waals surface area contributed by atoms with Crippen molar-refractivity contribution in [2.24, 2.45) is 0 Å². The molecule has 2 N–H and O–H groups in total. The maximum absolute atomic E-state index is 13.2. The first-order valence-electron chi connectivity index (χ1n) is 4.33. The molecule has 0 aliphatic carbocycles. The topological polar surface area (TPSA) is 53.1 Å². The van der Waals surface area contributed by atoms with Gasteiger partial charge < -0.3 is 15.0 Å². The number of hydrogen-bond donors (Lipinski definition) is 1. The molecular weight excluding hydrogens is 197 g/mol. The Hall–Kier alpha value is -2.04. The Bertz CT molecular complexity index is 468. The lowest BCUT2D eigenvalue weighted by Gasteiger charge is -2.09. The average Bonchev–Trinajstić information content (AvgIpc) is 2.71. The van der Waals surface area contributed by atoms with E-state index in [2.05, 4.69) is 4.98 Å². The monoisotopic (exact) mass is 207 g/mol. The Morgan fingerprint density at radius 2 is 2.27 bits per heavy atom. The summed E-state index contributed by atoms with van der Waals surface area (Å²) in [5.41, 5.74) is 6.68. The third-order valence-corrected chi connectivity index (χ3v) is 2.08. The minimum absolute atomic E-state index is 0.160. The number of anilines is 1. The second-order valence-electron chi connectivity index (χ2n) is 3.02. The van der Waals surface area contributed by atoms with Gasteiger partial charge in [0.05, 0.1) is 24.8 Å². The predicted octanol–water partition coefficient (Wildman–Crippen LogP) is 1.60. The molecule has 0 atom stereocenters. The van der Waals surface area contributed by atoms with Crippen LogP contribution in [0.15, 0.2) is 30.9 Å². The van der Waals surface area contributed by atoms with Crippen LogP contribution in [0.25, 0.3) is 5.69 Å². The Labute approximate surface area is 86.1 Å². The van der Waals surface area contributed by atoms with E-state index in [4.69, 9.17) is 10.5 Å². The Balaban J connectivity index is 2.57. The minimum atomic E-state index is -0.473. The zero-order valence-electron chi connectivity index (χ0n) is 8.14. The molecule has 2 rings (SSSR count). The Morgan fingerprint density at radius 1 is 1.47 bits per heavy atom. The van der Waals surface area contributed by atoms with E-state index in [0.717, 1.165) is 0 Å². The van der Waals surface area contributed by atoms with Crippen molar-refractivity contribution in [3.8, 4) is 11.4 Å². The molecule has 0 aliphatic heterocycles. The highest BCUT2D eigenvalue weighted by Gasteiger charge is 2.09. The zero-order chi connectivity index (χ0) is 10.8. The standard InChI is InChI=1S/C10H10FN3O/c1-15-10-5-9(8(12)4-7(10)11)14-3-2-13-6-14/h2-6H,12H2,1H3. The number of nitrogens with two attached hydrogens (primary N) is 1. The van der Waals surface area contributed by atoms with E-state index in [1.165, 1.54) is 19.2 Å². The Kier molecular flexibility index (Phi) is 2.29. The van der Waals surface area contributed by atoms with Gasteiger partial charge in [-0.2, -0.15) is 0 Å². The third-order valence-electron chi connectivity index (χ3n) is 2.08. The van der Waals surface area contributed by atoms with E-state index in [1.807, 2.05) is 0 Å². The molecule has 0 bridgehead atoms. The second-order valence-corrected chi connectivity index (χ2v) is 3.02. The van der Waals surface area contributed by atoms with Crippen LogP contribution < -0.4 is 10.5 Å². The highest BCUT2D eigenvalue weighted by Crippen LogP contribution is 2.26. The first-order chi connectivity index (χ1) is 7.22. The van der Waals surface area contributed by atoms with Crippen LogP contribution in [0.2, 0.25) is 0 Å². The summed E-state index contributed by atoms with van der Waals surface area (Å²) in [6.07, 6.45) is 4.93. The number of methoxy groups -OCH3 is 1. The molecule has 1 aromatic heterocycles. The Morgan fingerprint density at radius 3 is 2.87 bits per heavy atom. The van der Waals surface area contributed by atoms with E-state index in [1.54, 1.807) is 23.3 Å². The van der Waals surface area contributed by atoms with Crippen LogP contribution in [-0.4, -0.2) is 16.7 Å². The van der Waals surface area contributed by atoms with Crippen LogP contribution in [0.4, 0.5) is 10.1 Å². The van der Waals surface area contributed by atoms with Crippen molar-refractivity contribution in [3.05, 3.63) is 36.7 Å². The van der Waals surface area contributed by atoms with E-state index in [9.17, 15) is 4.39 Å². The van der Waals surface area contributed by atoms with Gasteiger partial charge in [0.2, 0.25) is 0 Å². The number of rotatable bonds is 2. The van der Waals surface area contributed by atoms with Gasteiger partial charge in [0.1, 0.15) is 0 Å². The van der Waals surface area contributed by atoms with Gasteiger partial charge in [0.15, 0.2) is 11.6 Å². The molecule has 0 aliphatic rings. The smallest absolute Gasteiger partial charge is 0.167 e. The molecule has 0 spiro atoms. The fourth-order valence-electron chi connectivity index (χ4n) is 1.34. The van der Waals surface area contributed by atoms with E-state index in [-0.39, 0.29) is 5.75 Å². The van der Waals surface area contributed by atoms with Crippen molar-refractivity contribution in [3.63, 3.8) is 0 Å². The van der Waals surface area contributed by atoms with Gasteiger partial charge in [-0.3, -0.25) is 0 Å². The van der Waals surface area contributed by atoms with Gasteiger partial charge in [0.25, 0.3) is 0 Å². The van der Waals surface area contributed by atoms with Crippen molar-refractivity contribution in [1.82, 2.24) is 9.55 Å². The molecule has 1 heterocycles. The van der Waals surface area contributed by atoms with Crippen molar-refractivity contribution in [2.45, 2.75) is 0 Å². The summed E-state index contributed by atoms with van der Waals surface area (Å²) in [5.74, 6) is -0.313. The number of nitrogens with zero attached hydrogens (tertiary/aromatic N) is 2. The van der Waals surface area contributed by atoms with E-state index in [0.29, 0.717) is 11.4 Å². The summed E-state index contributed by atoms with van der Waals surface area (Å²) in [6.45, 7) is 0. The largest absolute Gasteiger partial charge is 0.494 e. The number of benzene rings is 1. The fourth-order valence-corrected chi connectivity index (χ4v) is 1.34. The summed E-state index contributed by atoms with van der Waals surface area (Å²) >= 11 is 0. The normalized spacial score (nSPS) is 10.3. The lowest BCUT2D eigenvalue weighted by molar-refractivity contribution is 0.386. The van der Waals surface area contributed by atoms with Gasteiger partial charge in [-0.15, -0.1) is 0 Å². The number of hydrogen-bond acceptors (Lipinski definition) is 3. The molecule has 0 unspecified atom stereocenters. The van der Waals surface area contributed by atoms with E-state index >= 15 is 0 Å². The van der Waals surface area contributed by atoms with Crippen LogP contribution in [0.3, 0.4) is 0 Å². The molecular formula is C10H10FN3O. The molecule has 0 fully saturated rings. The number of aromatic nitrogens is 2. The number of nitrogen functional groups attached to an aromatic ring is 1. The van der Waals surface area contributed by atoms with Crippen LogP contribution in [-0.2, 0) is 0 Å². The first-order valence-corrected chi connectivity index (χ1v) is 4.33. The lowest BCUT2D eigenvalue weighted by Crippen LogP contribution is -2.00. The molecule has 1 aromatic carbocycles. The second kappa shape index (κ2) is 3.61. The van der Waals surface area contributed by atoms with Crippen molar-refractivity contribution in [2.75, 3.05) is 12.8 Å². The SMILES string of the molecule is COc1cc(-n2ccnc2)c(N)cc1F. The molecule has 2 aromatic rings. The maximum atomic E-state index is 13.2. The van der Waals surface area contributed by atoms with Gasteiger partial charge in [-0.05, 0) is 0 Å². The summed E-state index contributed by atoms with van der Waals surface area (Å²) < 4.78 is 19.8. The van der Waals surface area contributed by atoms with Crippen LogP contribution in [0.5, 0.6) is 5.75 Å². The van der Waals surface area contributed by atoms with Crippen LogP contribution >= 0.6 is 0 Å². The average molecular weight is 207 g/mol. The third kappa shape index (κ3) is 1.63. The summed E-state index contributed by atoms with van der Waals surface area (Å²) in [5, 5.41) is 0. The van der Waals surface area contributed by atoms with Crippen LogP contribution in [0.1, 0.15) is 0 Å². The molecule has 78 valence electrons. The number of halogens is 1. The molecule has 15 heavy (non-hydrogen) atoms. The fraction of sp³-hybridized carbons (Fsp3) is 0.100. The predicted molar refractivity (Wildman–Crippen MR) is 54.5 cm³/mol. The van der Waals surface area contributed by atoms with Gasteiger partial charge in [0, 0.05) is 24.5 Å². The quantitative estimate of drug-likeness (QED) is 0.761. The van der Waals surface area contributed by atoms with Gasteiger partial charge in [-0.25, -0.2) is 9.37 Å². The van der Waals surface area contributed by atoms with Crippen molar-refractivity contribution < 1.29 is 9.13 Å². The molecule has 0 saturated carbocycles. The molecule has 0 radical (unpaired) electrons. The van der Waals surface area contributed by atoms with Gasteiger partial charge >= 0.3 is 0 Å².